The van der Waals surface area contributed by atoms with Gasteiger partial charge in [-0.3, -0.25) is 0 Å². The largest absolute Gasteiger partial charge is 0.489 e. The van der Waals surface area contributed by atoms with E-state index in [1.165, 1.54) is 0 Å². The maximum absolute atomic E-state index is 10.9. The number of carboxylic acids is 1. The van der Waals surface area contributed by atoms with E-state index in [-0.39, 0.29) is 0 Å². The summed E-state index contributed by atoms with van der Waals surface area (Å²) in [5.41, 5.74) is 3.47. The third kappa shape index (κ3) is 5.84. The predicted octanol–water partition coefficient (Wildman–Crippen LogP) is 4.91. The molecule has 0 bridgehead atoms. The molecule has 0 saturated carbocycles. The lowest BCUT2D eigenvalue weighted by Crippen LogP contribution is -2.12. The summed E-state index contributed by atoms with van der Waals surface area (Å²) in [4.78, 5) is 10.9. The van der Waals surface area contributed by atoms with Gasteiger partial charge in [-0.15, -0.1) is 0 Å². The summed E-state index contributed by atoms with van der Waals surface area (Å²) in [6, 6.07) is 22.4. The zero-order valence-electron chi connectivity index (χ0n) is 14.7. The Morgan fingerprint density at radius 1 is 0.889 bits per heavy atom. The van der Waals surface area contributed by atoms with Crippen molar-refractivity contribution in [1.82, 2.24) is 5.32 Å². The highest BCUT2D eigenvalue weighted by Gasteiger charge is 2.02. The number of carbonyl (C=O) groups is 1. The fraction of sp³-hybridized carbons (Fsp3) is 0.136. The molecule has 0 heterocycles. The molecule has 0 fully saturated rings. The van der Waals surface area contributed by atoms with Gasteiger partial charge in [-0.1, -0.05) is 48.0 Å². The Kier molecular flexibility index (Phi) is 6.47. The molecule has 3 aromatic rings. The highest BCUT2D eigenvalue weighted by Crippen LogP contribution is 2.17. The molecule has 0 radical (unpaired) electrons. The maximum Gasteiger partial charge on any atom is 0.335 e. The number of aromatic carboxylic acids is 1. The topological polar surface area (TPSA) is 58.6 Å². The van der Waals surface area contributed by atoms with Gasteiger partial charge in [-0.25, -0.2) is 4.79 Å². The van der Waals surface area contributed by atoms with Crippen LogP contribution >= 0.6 is 11.6 Å². The van der Waals surface area contributed by atoms with Gasteiger partial charge in [-0.05, 0) is 53.1 Å². The van der Waals surface area contributed by atoms with Gasteiger partial charge in [0, 0.05) is 18.1 Å². The van der Waals surface area contributed by atoms with Gasteiger partial charge in [0.2, 0.25) is 0 Å². The zero-order chi connectivity index (χ0) is 19.1. The van der Waals surface area contributed by atoms with Crippen LogP contribution < -0.4 is 10.1 Å². The number of carboxylic acid groups (broad SMARTS) is 1. The Bertz CT molecular complexity index is 909. The minimum Gasteiger partial charge on any atom is -0.489 e. The van der Waals surface area contributed by atoms with E-state index in [1.54, 1.807) is 12.1 Å². The van der Waals surface area contributed by atoms with Crippen LogP contribution in [0.3, 0.4) is 0 Å². The van der Waals surface area contributed by atoms with Crippen LogP contribution in [0, 0.1) is 0 Å². The first-order chi connectivity index (χ1) is 13.1. The Morgan fingerprint density at radius 2 is 1.59 bits per heavy atom. The van der Waals surface area contributed by atoms with Crippen LogP contribution in [0.15, 0.2) is 72.8 Å². The van der Waals surface area contributed by atoms with Crippen molar-refractivity contribution in [3.8, 4) is 5.75 Å². The van der Waals surface area contributed by atoms with Gasteiger partial charge in [0.15, 0.2) is 0 Å². The highest BCUT2D eigenvalue weighted by molar-refractivity contribution is 6.30. The van der Waals surface area contributed by atoms with E-state index in [0.717, 1.165) is 22.4 Å². The number of rotatable bonds is 8. The first-order valence-corrected chi connectivity index (χ1v) is 8.97. The minimum atomic E-state index is -0.913. The Morgan fingerprint density at radius 3 is 2.33 bits per heavy atom. The van der Waals surface area contributed by atoms with Crippen molar-refractivity contribution in [3.63, 3.8) is 0 Å². The molecule has 3 aromatic carbocycles. The molecular formula is C22H20ClNO3. The van der Waals surface area contributed by atoms with Gasteiger partial charge in [0.05, 0.1) is 5.56 Å². The lowest BCUT2D eigenvalue weighted by Gasteiger charge is -2.10. The number of benzene rings is 3. The smallest absolute Gasteiger partial charge is 0.335 e. The van der Waals surface area contributed by atoms with E-state index in [1.807, 2.05) is 60.7 Å². The highest BCUT2D eigenvalue weighted by atomic mass is 35.5. The monoisotopic (exact) mass is 381 g/mol. The van der Waals surface area contributed by atoms with Crippen molar-refractivity contribution in [2.24, 2.45) is 0 Å². The lowest BCUT2D eigenvalue weighted by atomic mass is 10.1. The van der Waals surface area contributed by atoms with Gasteiger partial charge < -0.3 is 15.2 Å². The number of hydrogen-bond acceptors (Lipinski definition) is 3. The molecular weight excluding hydrogens is 362 g/mol. The minimum absolute atomic E-state index is 0.295. The van der Waals surface area contributed by atoms with Crippen molar-refractivity contribution in [2.45, 2.75) is 19.7 Å². The molecule has 27 heavy (non-hydrogen) atoms. The van der Waals surface area contributed by atoms with E-state index >= 15 is 0 Å². The normalized spacial score (nSPS) is 10.6. The van der Waals surface area contributed by atoms with Crippen molar-refractivity contribution in [3.05, 3.63) is 100 Å². The van der Waals surface area contributed by atoms with Crippen LogP contribution in [-0.2, 0) is 19.7 Å². The third-order valence-electron chi connectivity index (χ3n) is 4.05. The van der Waals surface area contributed by atoms with Crippen LogP contribution in [0.5, 0.6) is 5.75 Å². The van der Waals surface area contributed by atoms with Gasteiger partial charge in [-0.2, -0.15) is 0 Å². The standard InChI is InChI=1S/C22H20ClNO3/c23-20-5-1-4-18(11-20)15-27-21-6-2-3-17(12-21)14-24-13-16-7-9-19(10-8-16)22(25)26/h1-12,24H,13-15H2,(H,25,26). The summed E-state index contributed by atoms with van der Waals surface area (Å²) < 4.78 is 5.85. The number of nitrogens with one attached hydrogen (secondary N) is 1. The van der Waals surface area contributed by atoms with Gasteiger partial charge in [0.25, 0.3) is 0 Å². The molecule has 4 nitrogen and oxygen atoms in total. The molecule has 0 unspecified atom stereocenters. The van der Waals surface area contributed by atoms with Crippen LogP contribution in [0.1, 0.15) is 27.0 Å². The van der Waals surface area contributed by atoms with Crippen LogP contribution in [0.4, 0.5) is 0 Å². The third-order valence-corrected chi connectivity index (χ3v) is 4.29. The van der Waals surface area contributed by atoms with Gasteiger partial charge >= 0.3 is 5.97 Å². The molecule has 0 aliphatic carbocycles. The van der Waals surface area contributed by atoms with E-state index in [2.05, 4.69) is 5.32 Å². The van der Waals surface area contributed by atoms with E-state index in [9.17, 15) is 4.79 Å². The maximum atomic E-state index is 10.9. The summed E-state index contributed by atoms with van der Waals surface area (Å²) in [5, 5.41) is 13.0. The Labute approximate surface area is 163 Å². The Hall–Kier alpha value is -2.82. The van der Waals surface area contributed by atoms with Gasteiger partial charge in [0.1, 0.15) is 12.4 Å². The SMILES string of the molecule is O=C(O)c1ccc(CNCc2cccc(OCc3cccc(Cl)c3)c2)cc1. The Balaban J connectivity index is 1.50. The number of halogens is 1. The molecule has 2 N–H and O–H groups in total. The molecule has 0 atom stereocenters. The van der Waals surface area contributed by atoms with E-state index < -0.39 is 5.97 Å². The first-order valence-electron chi connectivity index (χ1n) is 8.59. The van der Waals surface area contributed by atoms with Crippen LogP contribution in [0.2, 0.25) is 5.02 Å². The van der Waals surface area contributed by atoms with Crippen molar-refractivity contribution in [1.29, 1.82) is 0 Å². The lowest BCUT2D eigenvalue weighted by molar-refractivity contribution is 0.0697. The molecule has 0 aliphatic heterocycles. The van der Waals surface area contributed by atoms with E-state index in [4.69, 9.17) is 21.4 Å². The average Bonchev–Trinajstić information content (AvgIpc) is 2.67. The molecule has 0 amide bonds. The molecule has 0 aromatic heterocycles. The summed E-state index contributed by atoms with van der Waals surface area (Å²) >= 11 is 5.99. The van der Waals surface area contributed by atoms with Crippen molar-refractivity contribution < 1.29 is 14.6 Å². The molecule has 3 rings (SSSR count). The molecule has 5 heteroatoms. The summed E-state index contributed by atoms with van der Waals surface area (Å²) in [7, 11) is 0. The van der Waals surface area contributed by atoms with E-state index in [0.29, 0.717) is 30.3 Å². The zero-order valence-corrected chi connectivity index (χ0v) is 15.4. The fourth-order valence-electron chi connectivity index (χ4n) is 2.66. The second kappa shape index (κ2) is 9.21. The second-order valence-electron chi connectivity index (χ2n) is 6.17. The molecule has 0 aliphatic rings. The summed E-state index contributed by atoms with van der Waals surface area (Å²) in [6.07, 6.45) is 0. The summed E-state index contributed by atoms with van der Waals surface area (Å²) in [5.74, 6) is -0.107. The van der Waals surface area contributed by atoms with Crippen molar-refractivity contribution >= 4 is 17.6 Å². The van der Waals surface area contributed by atoms with Crippen molar-refractivity contribution in [2.75, 3.05) is 0 Å². The first kappa shape index (κ1) is 19.0. The van der Waals surface area contributed by atoms with Crippen LogP contribution in [-0.4, -0.2) is 11.1 Å². The number of ether oxygens (including phenoxy) is 1. The number of hydrogen-bond donors (Lipinski definition) is 2. The van der Waals surface area contributed by atoms with Crippen LogP contribution in [0.25, 0.3) is 0 Å². The fourth-order valence-corrected chi connectivity index (χ4v) is 2.87. The summed E-state index contributed by atoms with van der Waals surface area (Å²) in [6.45, 7) is 1.82. The average molecular weight is 382 g/mol. The molecule has 0 saturated heterocycles. The quantitative estimate of drug-likeness (QED) is 0.582. The molecule has 0 spiro atoms. The molecule has 138 valence electrons. The second-order valence-corrected chi connectivity index (χ2v) is 6.61. The predicted molar refractivity (Wildman–Crippen MR) is 106 cm³/mol.